The summed E-state index contributed by atoms with van der Waals surface area (Å²) in [6.45, 7) is 0.641. The molecule has 0 fully saturated rings. The molecule has 5 nitrogen and oxygen atoms in total. The third-order valence-electron chi connectivity index (χ3n) is 3.19. The van der Waals surface area contributed by atoms with E-state index in [9.17, 15) is 12.8 Å². The van der Waals surface area contributed by atoms with Crippen LogP contribution >= 0.6 is 0 Å². The molecule has 0 radical (unpaired) electrons. The molecule has 22 heavy (non-hydrogen) atoms. The maximum absolute atomic E-state index is 13.2. The van der Waals surface area contributed by atoms with Gasteiger partial charge in [0, 0.05) is 25.8 Å². The summed E-state index contributed by atoms with van der Waals surface area (Å²) in [5.74, 6) is -0.683. The van der Waals surface area contributed by atoms with Crippen LogP contribution < -0.4 is 5.73 Å². The second kappa shape index (κ2) is 7.44. The number of rotatable bonds is 7. The zero-order valence-electron chi connectivity index (χ0n) is 12.0. The number of benzene rings is 1. The average Bonchev–Trinajstić information content (AvgIpc) is 2.52. The summed E-state index contributed by atoms with van der Waals surface area (Å²) in [6, 6.07) is 10.5. The highest BCUT2D eigenvalue weighted by Crippen LogP contribution is 2.16. The van der Waals surface area contributed by atoms with Crippen molar-refractivity contribution in [3.8, 4) is 0 Å². The molecule has 0 aliphatic rings. The number of nitrogens with zero attached hydrogens (tertiary/aromatic N) is 2. The van der Waals surface area contributed by atoms with E-state index in [-0.39, 0.29) is 24.5 Å². The van der Waals surface area contributed by atoms with Crippen molar-refractivity contribution in [2.45, 2.75) is 11.3 Å². The third-order valence-corrected chi connectivity index (χ3v) is 5.05. The van der Waals surface area contributed by atoms with Gasteiger partial charge in [0.25, 0.3) is 0 Å². The fourth-order valence-electron chi connectivity index (χ4n) is 2.08. The summed E-state index contributed by atoms with van der Waals surface area (Å²) in [5.41, 5.74) is 6.53. The van der Waals surface area contributed by atoms with E-state index in [0.29, 0.717) is 6.42 Å². The lowest BCUT2D eigenvalue weighted by Gasteiger charge is -2.21. The fraction of sp³-hybridized carbons (Fsp3) is 0.267. The Morgan fingerprint density at radius 3 is 2.50 bits per heavy atom. The minimum atomic E-state index is -3.81. The zero-order valence-corrected chi connectivity index (χ0v) is 12.8. The van der Waals surface area contributed by atoms with Gasteiger partial charge in [0.05, 0.1) is 6.20 Å². The average molecular weight is 323 g/mol. The van der Waals surface area contributed by atoms with E-state index in [0.717, 1.165) is 24.0 Å². The maximum atomic E-state index is 13.2. The highest BCUT2D eigenvalue weighted by molar-refractivity contribution is 7.89. The molecule has 1 aromatic carbocycles. The summed E-state index contributed by atoms with van der Waals surface area (Å²) >= 11 is 0. The van der Waals surface area contributed by atoms with Crippen LogP contribution in [0.25, 0.3) is 0 Å². The van der Waals surface area contributed by atoms with Crippen LogP contribution in [0.2, 0.25) is 0 Å². The quantitative estimate of drug-likeness (QED) is 0.836. The second-order valence-corrected chi connectivity index (χ2v) is 6.71. The van der Waals surface area contributed by atoms with Gasteiger partial charge in [0.1, 0.15) is 10.7 Å². The third kappa shape index (κ3) is 4.09. The van der Waals surface area contributed by atoms with E-state index in [1.807, 2.05) is 30.3 Å². The van der Waals surface area contributed by atoms with Crippen LogP contribution in [-0.4, -0.2) is 37.3 Å². The van der Waals surface area contributed by atoms with E-state index in [1.165, 1.54) is 4.31 Å². The molecule has 118 valence electrons. The molecule has 0 atom stereocenters. The van der Waals surface area contributed by atoms with Gasteiger partial charge < -0.3 is 5.73 Å². The first-order valence-electron chi connectivity index (χ1n) is 6.89. The first-order chi connectivity index (χ1) is 10.5. The molecule has 0 aliphatic heterocycles. The van der Waals surface area contributed by atoms with Crippen molar-refractivity contribution in [1.29, 1.82) is 0 Å². The molecule has 0 saturated carbocycles. The molecule has 1 aromatic heterocycles. The summed E-state index contributed by atoms with van der Waals surface area (Å²) in [5, 5.41) is 0. The Labute approximate surface area is 129 Å². The fourth-order valence-corrected chi connectivity index (χ4v) is 3.51. The number of sulfonamides is 1. The molecular weight excluding hydrogens is 305 g/mol. The van der Waals surface area contributed by atoms with Crippen LogP contribution in [0.3, 0.4) is 0 Å². The number of pyridine rings is 1. The Balaban J connectivity index is 2.19. The van der Waals surface area contributed by atoms with Crippen molar-refractivity contribution in [2.24, 2.45) is 5.73 Å². The van der Waals surface area contributed by atoms with Gasteiger partial charge in [-0.2, -0.15) is 4.31 Å². The van der Waals surface area contributed by atoms with Crippen LogP contribution in [0, 0.1) is 5.82 Å². The van der Waals surface area contributed by atoms with E-state index in [2.05, 4.69) is 4.98 Å². The highest BCUT2D eigenvalue weighted by atomic mass is 32.2. The van der Waals surface area contributed by atoms with Gasteiger partial charge in [-0.3, -0.25) is 4.98 Å². The predicted molar refractivity (Wildman–Crippen MR) is 82.2 cm³/mol. The molecule has 2 rings (SSSR count). The van der Waals surface area contributed by atoms with E-state index >= 15 is 0 Å². The number of hydrogen-bond acceptors (Lipinski definition) is 4. The summed E-state index contributed by atoms with van der Waals surface area (Å²) in [6.07, 6.45) is 2.67. The number of aromatic nitrogens is 1. The Morgan fingerprint density at radius 1 is 1.14 bits per heavy atom. The van der Waals surface area contributed by atoms with Gasteiger partial charge in [0.2, 0.25) is 10.0 Å². The second-order valence-electron chi connectivity index (χ2n) is 4.77. The van der Waals surface area contributed by atoms with Crippen LogP contribution in [-0.2, 0) is 16.4 Å². The minimum Gasteiger partial charge on any atom is -0.329 e. The monoisotopic (exact) mass is 323 g/mol. The zero-order chi connectivity index (χ0) is 16.0. The highest BCUT2D eigenvalue weighted by Gasteiger charge is 2.24. The van der Waals surface area contributed by atoms with Crippen LogP contribution in [0.1, 0.15) is 5.56 Å². The summed E-state index contributed by atoms with van der Waals surface area (Å²) in [4.78, 5) is 3.44. The van der Waals surface area contributed by atoms with Crippen molar-refractivity contribution in [2.75, 3.05) is 19.6 Å². The van der Waals surface area contributed by atoms with Crippen molar-refractivity contribution in [3.05, 3.63) is 60.2 Å². The Kier molecular flexibility index (Phi) is 5.59. The smallest absolute Gasteiger partial charge is 0.244 e. The Hall–Kier alpha value is -1.83. The molecule has 0 saturated heterocycles. The Morgan fingerprint density at radius 2 is 1.86 bits per heavy atom. The summed E-state index contributed by atoms with van der Waals surface area (Å²) < 4.78 is 39.6. The number of hydrogen-bond donors (Lipinski definition) is 1. The molecule has 0 amide bonds. The lowest BCUT2D eigenvalue weighted by molar-refractivity contribution is 0.421. The normalized spacial score (nSPS) is 11.8. The molecule has 0 bridgehead atoms. The van der Waals surface area contributed by atoms with Crippen molar-refractivity contribution in [3.63, 3.8) is 0 Å². The van der Waals surface area contributed by atoms with Crippen LogP contribution in [0.4, 0.5) is 4.39 Å². The Bertz CT molecular complexity index is 708. The van der Waals surface area contributed by atoms with Gasteiger partial charge in [-0.1, -0.05) is 30.3 Å². The maximum Gasteiger partial charge on any atom is 0.244 e. The van der Waals surface area contributed by atoms with E-state index < -0.39 is 15.8 Å². The van der Waals surface area contributed by atoms with E-state index in [4.69, 9.17) is 5.73 Å². The SMILES string of the molecule is NCCN(CCc1ccccc1)S(=O)(=O)c1cncc(F)c1. The molecular formula is C15H18FN3O2S. The lowest BCUT2D eigenvalue weighted by Crippen LogP contribution is -2.37. The van der Waals surface area contributed by atoms with Gasteiger partial charge in [-0.15, -0.1) is 0 Å². The number of nitrogens with two attached hydrogens (primary N) is 1. The van der Waals surface area contributed by atoms with E-state index in [1.54, 1.807) is 0 Å². The standard InChI is InChI=1S/C15H18FN3O2S/c16-14-10-15(12-18-11-14)22(20,21)19(9-7-17)8-6-13-4-2-1-3-5-13/h1-5,10-12H,6-9,17H2. The van der Waals surface area contributed by atoms with Crippen LogP contribution in [0.15, 0.2) is 53.7 Å². The van der Waals surface area contributed by atoms with Gasteiger partial charge in [0.15, 0.2) is 0 Å². The predicted octanol–water partition coefficient (Wildman–Crippen LogP) is 1.41. The molecule has 0 spiro atoms. The molecule has 2 N–H and O–H groups in total. The first-order valence-corrected chi connectivity index (χ1v) is 8.33. The molecule has 1 heterocycles. The lowest BCUT2D eigenvalue weighted by atomic mass is 10.1. The minimum absolute atomic E-state index is 0.158. The van der Waals surface area contributed by atoms with Crippen molar-refractivity contribution in [1.82, 2.24) is 9.29 Å². The first kappa shape index (κ1) is 16.5. The van der Waals surface area contributed by atoms with Crippen molar-refractivity contribution < 1.29 is 12.8 Å². The molecule has 2 aromatic rings. The van der Waals surface area contributed by atoms with Crippen molar-refractivity contribution >= 4 is 10.0 Å². The molecule has 0 unspecified atom stereocenters. The molecule has 0 aliphatic carbocycles. The van der Waals surface area contributed by atoms with Gasteiger partial charge >= 0.3 is 0 Å². The molecule has 7 heteroatoms. The topological polar surface area (TPSA) is 76.3 Å². The van der Waals surface area contributed by atoms with Crippen LogP contribution in [0.5, 0.6) is 0 Å². The van der Waals surface area contributed by atoms with Gasteiger partial charge in [-0.25, -0.2) is 12.8 Å². The summed E-state index contributed by atoms with van der Waals surface area (Å²) in [7, 11) is -3.81. The number of halogens is 1. The largest absolute Gasteiger partial charge is 0.329 e. The van der Waals surface area contributed by atoms with Gasteiger partial charge in [-0.05, 0) is 18.1 Å².